The maximum Gasteiger partial charge on any atom is 0.321 e. The molecule has 0 aliphatic carbocycles. The molecule has 3 aliphatic rings. The molecule has 1 unspecified atom stereocenters. The third kappa shape index (κ3) is 4.18. The number of guanidine groups is 1. The fourth-order valence-corrected chi connectivity index (χ4v) is 5.05. The molecule has 1 aromatic heterocycles. The van der Waals surface area contributed by atoms with Crippen LogP contribution in [0.25, 0.3) is 0 Å². The molecule has 194 valence electrons. The number of likely N-dealkylation sites (N-methyl/N-ethyl adjacent to an activating group) is 1. The lowest BCUT2D eigenvalue weighted by Gasteiger charge is -2.50. The van der Waals surface area contributed by atoms with Gasteiger partial charge in [-0.15, -0.1) is 0 Å². The first-order valence-corrected chi connectivity index (χ1v) is 12.3. The summed E-state index contributed by atoms with van der Waals surface area (Å²) in [6.07, 6.45) is 1.22. The predicted octanol–water partition coefficient (Wildman–Crippen LogP) is 2.12. The minimum Gasteiger partial charge on any atom is -0.330 e. The van der Waals surface area contributed by atoms with Crippen LogP contribution in [0.2, 0.25) is 0 Å². The molecule has 4 heterocycles. The Morgan fingerprint density at radius 2 is 2.03 bits per heavy atom. The molecule has 0 bridgehead atoms. The van der Waals surface area contributed by atoms with Gasteiger partial charge in [0.15, 0.2) is 17.4 Å². The molecule has 11 heteroatoms. The van der Waals surface area contributed by atoms with Crippen LogP contribution in [-0.2, 0) is 17.7 Å². The van der Waals surface area contributed by atoms with Crippen molar-refractivity contribution in [3.05, 3.63) is 29.0 Å². The molecule has 1 aromatic rings. The first kappa shape index (κ1) is 25.4. The Hall–Kier alpha value is -2.66. The molecule has 10 nitrogen and oxygen atoms in total. The molecule has 35 heavy (non-hydrogen) atoms. The van der Waals surface area contributed by atoms with E-state index in [1.165, 1.54) is 6.20 Å². The summed E-state index contributed by atoms with van der Waals surface area (Å²) >= 11 is 0. The number of halogens is 1. The first-order valence-electron chi connectivity index (χ1n) is 12.3. The van der Waals surface area contributed by atoms with Gasteiger partial charge < -0.3 is 20.4 Å². The SMILES string of the molecule is CC(C)CN=C1NC=C(F)C(N)(c2n[nH]c3c2CN(C(=O)N2CC(C)(C)N(C)C[C@@H]2C)C3(C)C)N1. The number of nitrogens with zero attached hydrogens (tertiary/aromatic N) is 5. The molecule has 4 rings (SSSR count). The third-order valence-electron chi connectivity index (χ3n) is 7.62. The van der Waals surface area contributed by atoms with E-state index in [4.69, 9.17) is 5.73 Å². The number of aliphatic imine (C=N–C) groups is 1. The third-order valence-corrected chi connectivity index (χ3v) is 7.62. The number of nitrogens with two attached hydrogens (primary N) is 1. The lowest BCUT2D eigenvalue weighted by atomic mass is 9.95. The van der Waals surface area contributed by atoms with Gasteiger partial charge >= 0.3 is 6.03 Å². The number of carbonyl (C=O) groups is 1. The highest BCUT2D eigenvalue weighted by Gasteiger charge is 2.51. The number of aromatic amines is 1. The van der Waals surface area contributed by atoms with Crippen LogP contribution in [0.4, 0.5) is 9.18 Å². The number of piperazine rings is 1. The number of hydrogen-bond donors (Lipinski definition) is 4. The molecule has 5 N–H and O–H groups in total. The van der Waals surface area contributed by atoms with Crippen molar-refractivity contribution in [2.45, 2.75) is 77.8 Å². The van der Waals surface area contributed by atoms with Crippen LogP contribution in [0.15, 0.2) is 17.0 Å². The molecule has 3 aliphatic heterocycles. The number of carbonyl (C=O) groups excluding carboxylic acids is 1. The summed E-state index contributed by atoms with van der Waals surface area (Å²) in [5.74, 6) is 0.122. The van der Waals surface area contributed by atoms with Gasteiger partial charge in [0.25, 0.3) is 0 Å². The standard InChI is InChI=1S/C24H40FN9O/c1-14(2)9-27-20-28-10-17(25)24(26,29-20)19-16-12-34(23(6,7)18(16)30-31-19)21(35)33-13-22(4,5)32(8)11-15(33)3/h10,14-15H,9,11-13,26H2,1-8H3,(H,30,31)(H2,27,28,29)/t15-,24?/m0/s1. The summed E-state index contributed by atoms with van der Waals surface area (Å²) in [4.78, 5) is 24.4. The number of rotatable bonds is 3. The van der Waals surface area contributed by atoms with Gasteiger partial charge in [-0.05, 0) is 47.6 Å². The Balaban J connectivity index is 1.64. The normalized spacial score (nSPS) is 29.2. The van der Waals surface area contributed by atoms with E-state index in [0.717, 1.165) is 17.8 Å². The fraction of sp³-hybridized carbons (Fsp3) is 0.708. The predicted molar refractivity (Wildman–Crippen MR) is 134 cm³/mol. The highest BCUT2D eigenvalue weighted by Crippen LogP contribution is 2.43. The first-order chi connectivity index (χ1) is 16.2. The molecular formula is C24H40FN9O. The molecule has 1 fully saturated rings. The minimum absolute atomic E-state index is 0.0428. The second kappa shape index (κ2) is 8.48. The largest absolute Gasteiger partial charge is 0.330 e. The van der Waals surface area contributed by atoms with Crippen molar-refractivity contribution in [2.24, 2.45) is 16.6 Å². The van der Waals surface area contributed by atoms with Gasteiger partial charge in [0.1, 0.15) is 5.69 Å². The van der Waals surface area contributed by atoms with Gasteiger partial charge in [-0.2, -0.15) is 5.10 Å². The van der Waals surface area contributed by atoms with E-state index in [0.29, 0.717) is 30.7 Å². The van der Waals surface area contributed by atoms with Crippen molar-refractivity contribution < 1.29 is 9.18 Å². The van der Waals surface area contributed by atoms with Crippen LogP contribution >= 0.6 is 0 Å². The number of aromatic nitrogens is 2. The topological polar surface area (TPSA) is 118 Å². The molecule has 0 radical (unpaired) electrons. The van der Waals surface area contributed by atoms with Crippen LogP contribution in [0, 0.1) is 5.92 Å². The van der Waals surface area contributed by atoms with Crippen LogP contribution in [0.5, 0.6) is 0 Å². The van der Waals surface area contributed by atoms with Crippen molar-refractivity contribution in [2.75, 3.05) is 26.7 Å². The van der Waals surface area contributed by atoms with Gasteiger partial charge in [0, 0.05) is 43.0 Å². The van der Waals surface area contributed by atoms with Crippen molar-refractivity contribution >= 4 is 12.0 Å². The Morgan fingerprint density at radius 1 is 1.34 bits per heavy atom. The van der Waals surface area contributed by atoms with E-state index < -0.39 is 17.0 Å². The Morgan fingerprint density at radius 3 is 2.69 bits per heavy atom. The number of amides is 2. The summed E-state index contributed by atoms with van der Waals surface area (Å²) in [6, 6.07) is 0.0265. The highest BCUT2D eigenvalue weighted by molar-refractivity contribution is 5.83. The van der Waals surface area contributed by atoms with Crippen LogP contribution < -0.4 is 16.4 Å². The smallest absolute Gasteiger partial charge is 0.321 e. The van der Waals surface area contributed by atoms with Gasteiger partial charge in [0.2, 0.25) is 0 Å². The maximum atomic E-state index is 15.2. The quantitative estimate of drug-likeness (QED) is 0.517. The molecule has 0 spiro atoms. The van der Waals surface area contributed by atoms with E-state index in [1.807, 2.05) is 23.6 Å². The fourth-order valence-electron chi connectivity index (χ4n) is 5.05. The Labute approximate surface area is 207 Å². The number of fused-ring (bicyclic) bond motifs is 1. The van der Waals surface area contributed by atoms with E-state index in [2.05, 4.69) is 72.4 Å². The monoisotopic (exact) mass is 489 g/mol. The number of hydrogen-bond acceptors (Lipinski definition) is 5. The number of urea groups is 1. The van der Waals surface area contributed by atoms with Crippen molar-refractivity contribution in [1.82, 2.24) is 35.5 Å². The van der Waals surface area contributed by atoms with Gasteiger partial charge in [0.05, 0.1) is 17.8 Å². The molecule has 0 aromatic carbocycles. The van der Waals surface area contributed by atoms with E-state index in [-0.39, 0.29) is 24.2 Å². The molecular weight excluding hydrogens is 449 g/mol. The Kier molecular flexibility index (Phi) is 6.16. The zero-order valence-corrected chi connectivity index (χ0v) is 22.2. The van der Waals surface area contributed by atoms with Crippen LogP contribution in [-0.4, -0.2) is 75.2 Å². The lowest BCUT2D eigenvalue weighted by molar-refractivity contribution is 0.00688. The minimum atomic E-state index is -1.69. The lowest BCUT2D eigenvalue weighted by Crippen LogP contribution is -2.65. The maximum absolute atomic E-state index is 15.2. The van der Waals surface area contributed by atoms with Gasteiger partial charge in [-0.25, -0.2) is 9.18 Å². The van der Waals surface area contributed by atoms with E-state index >= 15 is 4.39 Å². The zero-order valence-electron chi connectivity index (χ0n) is 22.2. The highest BCUT2D eigenvalue weighted by atomic mass is 19.1. The molecule has 1 saturated heterocycles. The average molecular weight is 490 g/mol. The van der Waals surface area contributed by atoms with Crippen molar-refractivity contribution in [1.29, 1.82) is 0 Å². The Bertz CT molecular complexity index is 1060. The molecule has 0 saturated carbocycles. The van der Waals surface area contributed by atoms with Crippen molar-refractivity contribution in [3.8, 4) is 0 Å². The second-order valence-corrected chi connectivity index (χ2v) is 11.7. The van der Waals surface area contributed by atoms with Gasteiger partial charge in [-0.3, -0.25) is 20.7 Å². The van der Waals surface area contributed by atoms with Gasteiger partial charge in [-0.1, -0.05) is 13.8 Å². The van der Waals surface area contributed by atoms with E-state index in [1.54, 1.807) is 0 Å². The second-order valence-electron chi connectivity index (χ2n) is 11.7. The zero-order chi connectivity index (χ0) is 25.9. The summed E-state index contributed by atoms with van der Waals surface area (Å²) < 4.78 is 15.2. The van der Waals surface area contributed by atoms with Crippen LogP contribution in [0.1, 0.15) is 65.4 Å². The van der Waals surface area contributed by atoms with Crippen molar-refractivity contribution in [3.63, 3.8) is 0 Å². The summed E-state index contributed by atoms with van der Waals surface area (Å²) in [5.41, 5.74) is 5.92. The summed E-state index contributed by atoms with van der Waals surface area (Å²) in [6.45, 7) is 16.7. The molecule has 2 atom stereocenters. The number of nitrogens with one attached hydrogen (secondary N) is 3. The molecule has 2 amide bonds. The summed E-state index contributed by atoms with van der Waals surface area (Å²) in [7, 11) is 2.09. The van der Waals surface area contributed by atoms with Crippen LogP contribution in [0.3, 0.4) is 0 Å². The average Bonchev–Trinajstić information content (AvgIpc) is 3.30. The summed E-state index contributed by atoms with van der Waals surface area (Å²) in [5, 5.41) is 13.3. The number of H-pyrrole nitrogens is 1. The van der Waals surface area contributed by atoms with E-state index in [9.17, 15) is 4.79 Å².